The lowest BCUT2D eigenvalue weighted by Crippen LogP contribution is -2.39. The highest BCUT2D eigenvalue weighted by molar-refractivity contribution is 5.95. The molecule has 2 amide bonds. The minimum atomic E-state index is -0.610. The highest BCUT2D eigenvalue weighted by atomic mass is 16.5. The van der Waals surface area contributed by atoms with Gasteiger partial charge in [0.05, 0.1) is 14.2 Å². The fourth-order valence-electron chi connectivity index (χ4n) is 2.85. The molecular formula is C17H24N2O5. The topological polar surface area (TPSA) is 91.1 Å². The van der Waals surface area contributed by atoms with Crippen LogP contribution in [0.25, 0.3) is 0 Å². The molecule has 0 aliphatic carbocycles. The van der Waals surface area contributed by atoms with Crippen molar-refractivity contribution < 1.29 is 23.8 Å². The van der Waals surface area contributed by atoms with Gasteiger partial charge in [-0.3, -0.25) is 9.59 Å². The number of ether oxygens (including phenoxy) is 3. The van der Waals surface area contributed by atoms with Crippen LogP contribution in [0.5, 0.6) is 17.2 Å². The average Bonchev–Trinajstić information content (AvgIpc) is 2.58. The minimum Gasteiger partial charge on any atom is -0.493 e. The Morgan fingerprint density at radius 1 is 1.25 bits per heavy atom. The van der Waals surface area contributed by atoms with E-state index in [1.165, 1.54) is 14.2 Å². The van der Waals surface area contributed by atoms with E-state index in [0.29, 0.717) is 23.0 Å². The molecule has 1 aromatic rings. The molecule has 0 radical (unpaired) electrons. The minimum absolute atomic E-state index is 0.0698. The highest BCUT2D eigenvalue weighted by Gasteiger charge is 2.25. The number of piperidine rings is 1. The Labute approximate surface area is 141 Å². The van der Waals surface area contributed by atoms with Gasteiger partial charge in [0.2, 0.25) is 5.75 Å². The van der Waals surface area contributed by atoms with E-state index in [9.17, 15) is 9.59 Å². The Kier molecular flexibility index (Phi) is 5.89. The molecule has 1 saturated heterocycles. The van der Waals surface area contributed by atoms with Gasteiger partial charge in [-0.05, 0) is 30.9 Å². The van der Waals surface area contributed by atoms with Crippen molar-refractivity contribution in [3.05, 3.63) is 17.7 Å². The number of hydrogen-bond acceptors (Lipinski definition) is 5. The second-order valence-corrected chi connectivity index (χ2v) is 5.96. The summed E-state index contributed by atoms with van der Waals surface area (Å²) in [4.78, 5) is 25.5. The lowest BCUT2D eigenvalue weighted by molar-refractivity contribution is -0.120. The predicted octanol–water partition coefficient (Wildman–Crippen LogP) is 1.44. The van der Waals surface area contributed by atoms with Crippen molar-refractivity contribution in [3.63, 3.8) is 0 Å². The summed E-state index contributed by atoms with van der Waals surface area (Å²) in [6.45, 7) is 3.32. The summed E-state index contributed by atoms with van der Waals surface area (Å²) in [5.74, 6) is 0.709. The second-order valence-electron chi connectivity index (χ2n) is 5.96. The summed E-state index contributed by atoms with van der Waals surface area (Å²) in [6, 6.07) is 3.20. The van der Waals surface area contributed by atoms with E-state index in [0.717, 1.165) is 25.9 Å². The number of rotatable bonds is 6. The van der Waals surface area contributed by atoms with E-state index >= 15 is 0 Å². The molecule has 1 aliphatic rings. The Morgan fingerprint density at radius 2 is 1.88 bits per heavy atom. The van der Waals surface area contributed by atoms with Crippen LogP contribution in [0.4, 0.5) is 0 Å². The summed E-state index contributed by atoms with van der Waals surface area (Å²) >= 11 is 0. The van der Waals surface area contributed by atoms with E-state index in [2.05, 4.69) is 6.92 Å². The number of amides is 2. The van der Waals surface area contributed by atoms with Gasteiger partial charge in [0.15, 0.2) is 18.1 Å². The van der Waals surface area contributed by atoms with Gasteiger partial charge in [0.25, 0.3) is 11.8 Å². The van der Waals surface area contributed by atoms with E-state index in [1.54, 1.807) is 12.1 Å². The van der Waals surface area contributed by atoms with Gasteiger partial charge < -0.3 is 24.8 Å². The summed E-state index contributed by atoms with van der Waals surface area (Å²) in [7, 11) is 2.92. The van der Waals surface area contributed by atoms with E-state index in [1.807, 2.05) is 4.90 Å². The van der Waals surface area contributed by atoms with Crippen molar-refractivity contribution in [3.8, 4) is 17.2 Å². The smallest absolute Gasteiger partial charge is 0.255 e. The fraction of sp³-hybridized carbons (Fsp3) is 0.529. The van der Waals surface area contributed by atoms with Gasteiger partial charge in [-0.1, -0.05) is 6.92 Å². The van der Waals surface area contributed by atoms with Crippen LogP contribution >= 0.6 is 0 Å². The van der Waals surface area contributed by atoms with Crippen molar-refractivity contribution >= 4 is 11.8 Å². The SMILES string of the molecule is COc1cc(C(=O)N2CCC[C@H](C)C2)cc(OC)c1OCC(N)=O. The molecule has 0 spiro atoms. The third kappa shape index (κ3) is 4.10. The number of nitrogens with two attached hydrogens (primary N) is 1. The molecular weight excluding hydrogens is 312 g/mol. The quantitative estimate of drug-likeness (QED) is 0.849. The number of likely N-dealkylation sites (tertiary alicyclic amines) is 1. The maximum absolute atomic E-state index is 12.8. The molecule has 2 rings (SSSR count). The van der Waals surface area contributed by atoms with Crippen molar-refractivity contribution in [2.24, 2.45) is 11.7 Å². The van der Waals surface area contributed by atoms with E-state index in [4.69, 9.17) is 19.9 Å². The molecule has 1 aromatic carbocycles. The molecule has 1 fully saturated rings. The summed E-state index contributed by atoms with van der Waals surface area (Å²) in [5, 5.41) is 0. The fourth-order valence-corrected chi connectivity index (χ4v) is 2.85. The lowest BCUT2D eigenvalue weighted by Gasteiger charge is -2.31. The maximum Gasteiger partial charge on any atom is 0.255 e. The molecule has 0 bridgehead atoms. The highest BCUT2D eigenvalue weighted by Crippen LogP contribution is 2.39. The molecule has 7 nitrogen and oxygen atoms in total. The number of carbonyl (C=O) groups is 2. The molecule has 0 unspecified atom stereocenters. The molecule has 0 saturated carbocycles. The normalized spacial score (nSPS) is 17.3. The monoisotopic (exact) mass is 336 g/mol. The molecule has 132 valence electrons. The number of primary amides is 1. The summed E-state index contributed by atoms with van der Waals surface area (Å²) < 4.78 is 15.9. The largest absolute Gasteiger partial charge is 0.493 e. The Balaban J connectivity index is 2.30. The van der Waals surface area contributed by atoms with Crippen molar-refractivity contribution in [2.45, 2.75) is 19.8 Å². The number of hydrogen-bond donors (Lipinski definition) is 1. The first-order chi connectivity index (χ1) is 11.5. The molecule has 1 heterocycles. The van der Waals surface area contributed by atoms with Crippen LogP contribution < -0.4 is 19.9 Å². The molecule has 7 heteroatoms. The van der Waals surface area contributed by atoms with Gasteiger partial charge in [-0.25, -0.2) is 0 Å². The number of benzene rings is 1. The zero-order valence-electron chi connectivity index (χ0n) is 14.3. The molecule has 2 N–H and O–H groups in total. The van der Waals surface area contributed by atoms with Crippen LogP contribution in [-0.2, 0) is 4.79 Å². The van der Waals surface area contributed by atoms with Crippen LogP contribution in [0.15, 0.2) is 12.1 Å². The molecule has 0 aromatic heterocycles. The Bertz CT molecular complexity index is 592. The third-order valence-corrected chi connectivity index (χ3v) is 4.01. The molecule has 1 aliphatic heterocycles. The number of carbonyl (C=O) groups excluding carboxylic acids is 2. The van der Waals surface area contributed by atoms with Crippen molar-refractivity contribution in [1.29, 1.82) is 0 Å². The molecule has 24 heavy (non-hydrogen) atoms. The second kappa shape index (κ2) is 7.90. The third-order valence-electron chi connectivity index (χ3n) is 4.01. The van der Waals surface area contributed by atoms with Crippen LogP contribution in [-0.4, -0.2) is 50.6 Å². The van der Waals surface area contributed by atoms with Crippen LogP contribution in [0.1, 0.15) is 30.1 Å². The van der Waals surface area contributed by atoms with Gasteiger partial charge in [0, 0.05) is 18.7 Å². The number of methoxy groups -OCH3 is 2. The van der Waals surface area contributed by atoms with Crippen LogP contribution in [0, 0.1) is 5.92 Å². The van der Waals surface area contributed by atoms with Crippen molar-refractivity contribution in [2.75, 3.05) is 33.9 Å². The first-order valence-electron chi connectivity index (χ1n) is 7.92. The van der Waals surface area contributed by atoms with E-state index in [-0.39, 0.29) is 18.3 Å². The van der Waals surface area contributed by atoms with Gasteiger partial charge in [-0.15, -0.1) is 0 Å². The lowest BCUT2D eigenvalue weighted by atomic mass is 9.99. The van der Waals surface area contributed by atoms with Crippen LogP contribution in [0.3, 0.4) is 0 Å². The Hall–Kier alpha value is -2.44. The summed E-state index contributed by atoms with van der Waals surface area (Å²) in [5.41, 5.74) is 5.57. The predicted molar refractivity (Wildman–Crippen MR) is 88.5 cm³/mol. The van der Waals surface area contributed by atoms with E-state index < -0.39 is 5.91 Å². The molecule has 1 atom stereocenters. The number of nitrogens with zero attached hydrogens (tertiary/aromatic N) is 1. The first kappa shape index (κ1) is 17.9. The van der Waals surface area contributed by atoms with Gasteiger partial charge in [-0.2, -0.15) is 0 Å². The Morgan fingerprint density at radius 3 is 2.38 bits per heavy atom. The zero-order chi connectivity index (χ0) is 17.7. The van der Waals surface area contributed by atoms with Gasteiger partial charge in [0.1, 0.15) is 0 Å². The van der Waals surface area contributed by atoms with Crippen molar-refractivity contribution in [1.82, 2.24) is 4.90 Å². The first-order valence-corrected chi connectivity index (χ1v) is 7.92. The van der Waals surface area contributed by atoms with Gasteiger partial charge >= 0.3 is 0 Å². The average molecular weight is 336 g/mol. The standard InChI is InChI=1S/C17H24N2O5/c1-11-5-4-6-19(9-11)17(21)12-7-13(22-2)16(14(8-12)23-3)24-10-15(18)20/h7-8,11H,4-6,9-10H2,1-3H3,(H2,18,20)/t11-/m0/s1. The van der Waals surface area contributed by atoms with Crippen LogP contribution in [0.2, 0.25) is 0 Å². The zero-order valence-corrected chi connectivity index (χ0v) is 14.3. The summed E-state index contributed by atoms with van der Waals surface area (Å²) in [6.07, 6.45) is 2.14. The maximum atomic E-state index is 12.8.